The molecule has 2 nitrogen and oxygen atoms in total. The summed E-state index contributed by atoms with van der Waals surface area (Å²) in [6.07, 6.45) is 16.2. The first-order valence-electron chi connectivity index (χ1n) is 14.4. The van der Waals surface area contributed by atoms with Gasteiger partial charge in [0.2, 0.25) is 0 Å². The molecule has 4 aliphatic carbocycles. The number of hydrogen-bond donors (Lipinski definition) is 0. The van der Waals surface area contributed by atoms with E-state index in [4.69, 9.17) is 4.74 Å². The van der Waals surface area contributed by atoms with Crippen LogP contribution in [0.15, 0.2) is 0 Å². The number of esters is 1. The minimum atomic E-state index is 0.0169. The molecule has 0 aromatic rings. The van der Waals surface area contributed by atoms with Gasteiger partial charge in [0, 0.05) is 6.42 Å². The van der Waals surface area contributed by atoms with Crippen molar-refractivity contribution in [3.63, 3.8) is 0 Å². The third-order valence-electron chi connectivity index (χ3n) is 11.4. The molecule has 4 rings (SSSR count). The summed E-state index contributed by atoms with van der Waals surface area (Å²) in [6, 6.07) is 0. The van der Waals surface area contributed by atoms with Crippen LogP contribution in [0.25, 0.3) is 0 Å². The largest absolute Gasteiger partial charge is 0.465 e. The van der Waals surface area contributed by atoms with Gasteiger partial charge in [-0.3, -0.25) is 4.79 Å². The molecular weight excluding hydrogens is 392 g/mol. The Kier molecular flexibility index (Phi) is 7.39. The van der Waals surface area contributed by atoms with Gasteiger partial charge in [-0.05, 0) is 110 Å². The van der Waals surface area contributed by atoms with Crippen molar-refractivity contribution in [2.24, 2.45) is 58.2 Å². The molecule has 0 N–H and O–H groups in total. The number of fused-ring (bicyclic) bond motifs is 5. The first-order valence-corrected chi connectivity index (χ1v) is 14.4. The molecular formula is C30H52O2. The van der Waals surface area contributed by atoms with E-state index >= 15 is 0 Å². The van der Waals surface area contributed by atoms with Crippen molar-refractivity contribution < 1.29 is 9.53 Å². The molecule has 2 heteroatoms. The lowest BCUT2D eigenvalue weighted by atomic mass is 9.42. The highest BCUT2D eigenvalue weighted by atomic mass is 16.5. The van der Waals surface area contributed by atoms with Crippen molar-refractivity contribution in [2.75, 3.05) is 6.61 Å². The first kappa shape index (κ1) is 24.6. The van der Waals surface area contributed by atoms with Crippen LogP contribution in [0.3, 0.4) is 0 Å². The van der Waals surface area contributed by atoms with Gasteiger partial charge in [0.25, 0.3) is 0 Å². The Hall–Kier alpha value is -0.530. The predicted octanol–water partition coefficient (Wildman–Crippen LogP) is 8.29. The standard InChI is InChI=1S/C30H52O2/c1-7-22-18-23-26-13-12-24(21(4)11-14-28(31)32-19-20(2)3)30(26,6)17-15-27(23)29(5)16-9-8-10-25(22)29/h20-27H,7-19H2,1-6H3/t21-,22+,23?,24-,25+,26?,27?,29+,30-/m1/s1. The Morgan fingerprint density at radius 1 is 0.938 bits per heavy atom. The first-order chi connectivity index (χ1) is 15.2. The number of rotatable bonds is 7. The number of hydrogen-bond acceptors (Lipinski definition) is 2. The molecule has 0 heterocycles. The van der Waals surface area contributed by atoms with Crippen LogP contribution in [0.5, 0.6) is 0 Å². The molecule has 0 aromatic heterocycles. The molecule has 32 heavy (non-hydrogen) atoms. The smallest absolute Gasteiger partial charge is 0.305 e. The molecule has 4 saturated carbocycles. The summed E-state index contributed by atoms with van der Waals surface area (Å²) < 4.78 is 5.47. The lowest BCUT2D eigenvalue weighted by molar-refractivity contribution is -0.146. The molecule has 0 aromatic carbocycles. The van der Waals surface area contributed by atoms with Crippen LogP contribution in [-0.4, -0.2) is 12.6 Å². The maximum Gasteiger partial charge on any atom is 0.305 e. The maximum absolute atomic E-state index is 12.2. The SMILES string of the molecule is CC[C@H]1CC2C3CC[C@H]([C@H](C)CCC(=O)OCC(C)C)[C@@]3(C)CCC2[C@@]2(C)CCCC[C@@H]12. The fourth-order valence-corrected chi connectivity index (χ4v) is 9.87. The van der Waals surface area contributed by atoms with Crippen molar-refractivity contribution in [3.05, 3.63) is 0 Å². The fourth-order valence-electron chi connectivity index (χ4n) is 9.87. The topological polar surface area (TPSA) is 26.3 Å². The quantitative estimate of drug-likeness (QED) is 0.369. The van der Waals surface area contributed by atoms with Gasteiger partial charge >= 0.3 is 5.97 Å². The zero-order valence-electron chi connectivity index (χ0n) is 22.1. The van der Waals surface area contributed by atoms with E-state index in [1.54, 1.807) is 0 Å². The molecule has 9 atom stereocenters. The van der Waals surface area contributed by atoms with Crippen molar-refractivity contribution >= 4 is 5.97 Å². The van der Waals surface area contributed by atoms with Gasteiger partial charge in [-0.1, -0.05) is 60.8 Å². The number of ether oxygens (including phenoxy) is 1. The van der Waals surface area contributed by atoms with Crippen LogP contribution < -0.4 is 0 Å². The van der Waals surface area contributed by atoms with Crippen molar-refractivity contribution in [1.82, 2.24) is 0 Å². The molecule has 0 spiro atoms. The van der Waals surface area contributed by atoms with Crippen molar-refractivity contribution in [2.45, 2.75) is 119 Å². The summed E-state index contributed by atoms with van der Waals surface area (Å²) in [7, 11) is 0. The molecule has 0 bridgehead atoms. The van der Waals surface area contributed by atoms with Crippen LogP contribution in [0.1, 0.15) is 119 Å². The number of carbonyl (C=O) groups excluding carboxylic acids is 1. The van der Waals surface area contributed by atoms with Gasteiger partial charge in [0.1, 0.15) is 0 Å². The van der Waals surface area contributed by atoms with Gasteiger partial charge < -0.3 is 4.74 Å². The van der Waals surface area contributed by atoms with E-state index in [9.17, 15) is 4.79 Å². The molecule has 0 aliphatic heterocycles. The van der Waals surface area contributed by atoms with E-state index in [0.29, 0.717) is 35.7 Å². The summed E-state index contributed by atoms with van der Waals surface area (Å²) in [5, 5.41) is 0. The van der Waals surface area contributed by atoms with E-state index in [1.807, 2.05) is 0 Å². The Bertz CT molecular complexity index is 655. The molecule has 0 amide bonds. The minimum Gasteiger partial charge on any atom is -0.465 e. The fraction of sp³-hybridized carbons (Fsp3) is 0.967. The Labute approximate surface area is 199 Å². The van der Waals surface area contributed by atoms with Gasteiger partial charge in [0.15, 0.2) is 0 Å². The highest BCUT2D eigenvalue weighted by Crippen LogP contribution is 2.69. The third kappa shape index (κ3) is 4.31. The Balaban J connectivity index is 1.44. The second-order valence-electron chi connectivity index (χ2n) is 13.5. The average Bonchev–Trinajstić information content (AvgIpc) is 3.12. The summed E-state index contributed by atoms with van der Waals surface area (Å²) in [4.78, 5) is 12.2. The van der Waals surface area contributed by atoms with Gasteiger partial charge in [-0.25, -0.2) is 0 Å². The van der Waals surface area contributed by atoms with Crippen LogP contribution in [-0.2, 0) is 9.53 Å². The van der Waals surface area contributed by atoms with Gasteiger partial charge in [-0.15, -0.1) is 0 Å². The average molecular weight is 445 g/mol. The molecule has 4 aliphatic rings. The second-order valence-corrected chi connectivity index (χ2v) is 13.5. The van der Waals surface area contributed by atoms with E-state index in [0.717, 1.165) is 41.9 Å². The second kappa shape index (κ2) is 9.61. The van der Waals surface area contributed by atoms with Crippen LogP contribution in [0.4, 0.5) is 0 Å². The summed E-state index contributed by atoms with van der Waals surface area (Å²) >= 11 is 0. The molecule has 184 valence electrons. The predicted molar refractivity (Wildman–Crippen MR) is 133 cm³/mol. The molecule has 3 unspecified atom stereocenters. The van der Waals surface area contributed by atoms with Crippen LogP contribution in [0.2, 0.25) is 0 Å². The summed E-state index contributed by atoms with van der Waals surface area (Å²) in [6.45, 7) is 15.1. The summed E-state index contributed by atoms with van der Waals surface area (Å²) in [5.41, 5.74) is 1.12. The maximum atomic E-state index is 12.2. The monoisotopic (exact) mass is 444 g/mol. The Morgan fingerprint density at radius 2 is 1.69 bits per heavy atom. The van der Waals surface area contributed by atoms with E-state index in [2.05, 4.69) is 41.5 Å². The lowest BCUT2D eigenvalue weighted by Gasteiger charge is -2.63. The molecule has 0 radical (unpaired) electrons. The zero-order chi connectivity index (χ0) is 23.1. The van der Waals surface area contributed by atoms with E-state index < -0.39 is 0 Å². The Morgan fingerprint density at radius 3 is 2.41 bits per heavy atom. The van der Waals surface area contributed by atoms with Crippen LogP contribution in [0, 0.1) is 58.2 Å². The lowest BCUT2D eigenvalue weighted by Crippen LogP contribution is -2.55. The third-order valence-corrected chi connectivity index (χ3v) is 11.4. The van der Waals surface area contributed by atoms with Crippen LogP contribution >= 0.6 is 0 Å². The van der Waals surface area contributed by atoms with Crippen molar-refractivity contribution in [3.8, 4) is 0 Å². The summed E-state index contributed by atoms with van der Waals surface area (Å²) in [5.74, 6) is 6.71. The minimum absolute atomic E-state index is 0.0169. The number of carbonyl (C=O) groups is 1. The van der Waals surface area contributed by atoms with E-state index in [1.165, 1.54) is 64.2 Å². The highest BCUT2D eigenvalue weighted by Gasteiger charge is 2.61. The van der Waals surface area contributed by atoms with Crippen molar-refractivity contribution in [1.29, 1.82) is 0 Å². The zero-order valence-corrected chi connectivity index (χ0v) is 22.1. The molecule has 4 fully saturated rings. The van der Waals surface area contributed by atoms with E-state index in [-0.39, 0.29) is 5.97 Å². The highest BCUT2D eigenvalue weighted by molar-refractivity contribution is 5.69. The normalized spacial score (nSPS) is 44.5. The molecule has 0 saturated heterocycles. The van der Waals surface area contributed by atoms with Gasteiger partial charge in [0.05, 0.1) is 6.61 Å². The van der Waals surface area contributed by atoms with Gasteiger partial charge in [-0.2, -0.15) is 0 Å².